The molecule has 2 aliphatic rings. The fraction of sp³-hybridized carbons (Fsp3) is 0.333. The lowest BCUT2D eigenvalue weighted by atomic mass is 9.97. The van der Waals surface area contributed by atoms with E-state index in [9.17, 15) is 14.7 Å². The topological polar surface area (TPSA) is 130 Å². The van der Waals surface area contributed by atoms with E-state index in [2.05, 4.69) is 20.9 Å². The molecular weight excluding hydrogens is 687 g/mol. The summed E-state index contributed by atoms with van der Waals surface area (Å²) in [5.41, 5.74) is 5.44. The van der Waals surface area contributed by atoms with Gasteiger partial charge in [0.15, 0.2) is 0 Å². The zero-order valence-electron chi connectivity index (χ0n) is 28.5. The van der Waals surface area contributed by atoms with E-state index < -0.39 is 5.60 Å². The number of hydrogen-bond acceptors (Lipinski definition) is 8. The summed E-state index contributed by atoms with van der Waals surface area (Å²) in [7, 11) is 1.59. The largest absolute Gasteiger partial charge is 0.481 e. The molecule has 264 valence electrons. The van der Waals surface area contributed by atoms with E-state index in [4.69, 9.17) is 32.9 Å². The summed E-state index contributed by atoms with van der Waals surface area (Å²) in [4.78, 5) is 34.2. The predicted molar refractivity (Wildman–Crippen MR) is 200 cm³/mol. The summed E-state index contributed by atoms with van der Waals surface area (Å²) in [6, 6.07) is 19.3. The molecule has 3 aromatic heterocycles. The van der Waals surface area contributed by atoms with Gasteiger partial charge in [0.1, 0.15) is 5.65 Å². The van der Waals surface area contributed by atoms with Gasteiger partial charge >= 0.3 is 0 Å². The highest BCUT2D eigenvalue weighted by Crippen LogP contribution is 2.42. The van der Waals surface area contributed by atoms with E-state index in [0.29, 0.717) is 71.3 Å². The normalized spacial score (nSPS) is 17.0. The maximum Gasteiger partial charge on any atom is 0.262 e. The number of ether oxygens (including phenoxy) is 1. The van der Waals surface area contributed by atoms with E-state index in [-0.39, 0.29) is 17.5 Å². The van der Waals surface area contributed by atoms with Gasteiger partial charge in [-0.3, -0.25) is 14.0 Å². The van der Waals surface area contributed by atoms with E-state index in [0.717, 1.165) is 52.6 Å². The highest BCUT2D eigenvalue weighted by atomic mass is 35.5. The number of aromatic nitrogens is 3. The molecule has 4 heterocycles. The molecule has 51 heavy (non-hydrogen) atoms. The van der Waals surface area contributed by atoms with Crippen molar-refractivity contribution in [1.29, 1.82) is 0 Å². The molecule has 2 aromatic carbocycles. The number of nitrogens with zero attached hydrogens (tertiary/aromatic N) is 3. The first kappa shape index (κ1) is 35.1. The Morgan fingerprint density at radius 3 is 2.35 bits per heavy atom. The molecule has 1 aliphatic carbocycles. The molecule has 2 fully saturated rings. The number of carbonyl (C=O) groups excluding carboxylic acids is 1. The molecule has 0 spiro atoms. The predicted octanol–water partition coefficient (Wildman–Crippen LogP) is 6.02. The number of hydrogen-bond donors (Lipinski definition) is 4. The summed E-state index contributed by atoms with van der Waals surface area (Å²) in [6.45, 7) is 3.79. The molecule has 2 atom stereocenters. The smallest absolute Gasteiger partial charge is 0.262 e. The second-order valence-electron chi connectivity index (χ2n) is 13.6. The lowest BCUT2D eigenvalue weighted by Gasteiger charge is -2.23. The summed E-state index contributed by atoms with van der Waals surface area (Å²) in [5.74, 6) is 0.902. The van der Waals surface area contributed by atoms with Crippen LogP contribution in [0.1, 0.15) is 43.7 Å². The summed E-state index contributed by atoms with van der Waals surface area (Å²) >= 11 is 14.2. The van der Waals surface area contributed by atoms with Gasteiger partial charge in [-0.2, -0.15) is 0 Å². The average Bonchev–Trinajstić information content (AvgIpc) is 3.92. The maximum absolute atomic E-state index is 13.3. The number of amides is 1. The molecular formula is C39H40Cl2N6O4. The molecule has 1 unspecified atom stereocenters. The standard InChI is InChI=1S/C39H40Cl2N6O4/c1-39(50,26-10-11-26)22-43-19-25-20-44-33-17-23(15-16-47(33)38(25)49)28-5-3-6-29(35(28)40)30-7-4-8-31(36(30)41)32-13-9-24(37(46-32)51-2)18-42-21-27-12-14-34(48)45-27/h3-9,13,15-17,20,26-27,42-43,50H,10-12,14,18-19,21-22H2,1-2H3,(H,45,48)/t27-,39?/m1/s1. The van der Waals surface area contributed by atoms with E-state index in [1.807, 2.05) is 67.6 Å². The van der Waals surface area contributed by atoms with Crippen LogP contribution in [-0.4, -0.2) is 57.2 Å². The van der Waals surface area contributed by atoms with Crippen molar-refractivity contribution in [2.45, 2.75) is 57.3 Å². The van der Waals surface area contributed by atoms with Crippen LogP contribution in [0.5, 0.6) is 5.88 Å². The Hall–Kier alpha value is -4.32. The number of aliphatic hydroxyl groups is 1. The molecule has 12 heteroatoms. The van der Waals surface area contributed by atoms with Crippen LogP contribution in [0, 0.1) is 5.92 Å². The van der Waals surface area contributed by atoms with Crippen molar-refractivity contribution in [2.75, 3.05) is 20.2 Å². The van der Waals surface area contributed by atoms with E-state index >= 15 is 0 Å². The molecule has 0 radical (unpaired) electrons. The fourth-order valence-electron chi connectivity index (χ4n) is 6.74. The van der Waals surface area contributed by atoms with Crippen molar-refractivity contribution in [1.82, 2.24) is 30.3 Å². The van der Waals surface area contributed by atoms with Crippen molar-refractivity contribution >= 4 is 34.8 Å². The highest BCUT2D eigenvalue weighted by molar-refractivity contribution is 6.39. The number of carbonyl (C=O) groups is 1. The zero-order chi connectivity index (χ0) is 35.7. The Labute approximate surface area is 306 Å². The molecule has 0 bridgehead atoms. The monoisotopic (exact) mass is 726 g/mol. The molecule has 1 aliphatic heterocycles. The molecule has 1 amide bonds. The van der Waals surface area contributed by atoms with E-state index in [1.165, 1.54) is 4.40 Å². The van der Waals surface area contributed by atoms with Gasteiger partial charge < -0.3 is 25.8 Å². The third-order valence-corrected chi connectivity index (χ3v) is 10.6. The van der Waals surface area contributed by atoms with Crippen LogP contribution in [0.15, 0.2) is 77.9 Å². The van der Waals surface area contributed by atoms with Crippen molar-refractivity contribution in [2.24, 2.45) is 5.92 Å². The van der Waals surface area contributed by atoms with Crippen LogP contribution >= 0.6 is 23.2 Å². The van der Waals surface area contributed by atoms with Crippen LogP contribution in [0.4, 0.5) is 0 Å². The van der Waals surface area contributed by atoms with Gasteiger partial charge in [0.05, 0.1) is 28.5 Å². The maximum atomic E-state index is 13.3. The van der Waals surface area contributed by atoms with Crippen molar-refractivity contribution in [3.05, 3.63) is 105 Å². The van der Waals surface area contributed by atoms with Crippen LogP contribution < -0.4 is 26.2 Å². The Morgan fingerprint density at radius 1 is 0.941 bits per heavy atom. The number of rotatable bonds is 13. The SMILES string of the molecule is COc1nc(-c2cccc(-c3cccc(-c4ccn5c(=O)c(CNCC(C)(O)C6CC6)cnc5c4)c3Cl)c2Cl)ccc1CNC[C@H]1CCC(=O)N1. The third kappa shape index (κ3) is 7.52. The first-order valence-corrected chi connectivity index (χ1v) is 17.9. The van der Waals surface area contributed by atoms with Gasteiger partial charge in [-0.25, -0.2) is 9.97 Å². The quantitative estimate of drug-likeness (QED) is 0.116. The second kappa shape index (κ2) is 14.7. The minimum Gasteiger partial charge on any atom is -0.481 e. The van der Waals surface area contributed by atoms with Crippen LogP contribution in [0.2, 0.25) is 10.0 Å². The lowest BCUT2D eigenvalue weighted by Crippen LogP contribution is -2.40. The number of pyridine rings is 2. The zero-order valence-corrected chi connectivity index (χ0v) is 30.0. The molecule has 1 saturated heterocycles. The molecule has 4 N–H and O–H groups in total. The number of halogens is 2. The van der Waals surface area contributed by atoms with Crippen molar-refractivity contribution < 1.29 is 14.6 Å². The van der Waals surface area contributed by atoms with Gasteiger partial charge in [-0.15, -0.1) is 0 Å². The summed E-state index contributed by atoms with van der Waals surface area (Å²) < 4.78 is 7.17. The minimum atomic E-state index is -0.777. The van der Waals surface area contributed by atoms with Crippen molar-refractivity contribution in [3.8, 4) is 39.4 Å². The number of methoxy groups -OCH3 is 1. The molecule has 1 saturated carbocycles. The highest BCUT2D eigenvalue weighted by Gasteiger charge is 2.39. The average molecular weight is 728 g/mol. The lowest BCUT2D eigenvalue weighted by molar-refractivity contribution is -0.119. The Balaban J connectivity index is 1.11. The summed E-state index contributed by atoms with van der Waals surface area (Å²) in [5, 5.41) is 21.2. The van der Waals surface area contributed by atoms with Gasteiger partial charge in [-0.1, -0.05) is 65.7 Å². The van der Waals surface area contributed by atoms with Gasteiger partial charge in [-0.05, 0) is 55.9 Å². The summed E-state index contributed by atoms with van der Waals surface area (Å²) in [6.07, 6.45) is 6.77. The Morgan fingerprint density at radius 2 is 1.65 bits per heavy atom. The fourth-order valence-corrected chi connectivity index (χ4v) is 7.41. The first-order valence-electron chi connectivity index (χ1n) is 17.2. The number of benzene rings is 2. The van der Waals surface area contributed by atoms with E-state index in [1.54, 1.807) is 19.5 Å². The van der Waals surface area contributed by atoms with Crippen LogP contribution in [0.3, 0.4) is 0 Å². The molecule has 5 aromatic rings. The van der Waals surface area contributed by atoms with Crippen molar-refractivity contribution in [3.63, 3.8) is 0 Å². The number of fused-ring (bicyclic) bond motifs is 1. The Bertz CT molecular complexity index is 2170. The van der Waals surface area contributed by atoms with Gasteiger partial charge in [0, 0.05) is 84.4 Å². The van der Waals surface area contributed by atoms with Gasteiger partial charge in [0.25, 0.3) is 5.56 Å². The minimum absolute atomic E-state index is 0.0936. The third-order valence-electron chi connectivity index (χ3n) is 9.83. The Kier molecular flexibility index (Phi) is 10.1. The van der Waals surface area contributed by atoms with Gasteiger partial charge in [0.2, 0.25) is 11.8 Å². The second-order valence-corrected chi connectivity index (χ2v) is 14.4. The van der Waals surface area contributed by atoms with Crippen LogP contribution in [0.25, 0.3) is 39.2 Å². The number of nitrogens with one attached hydrogen (secondary N) is 3. The first-order chi connectivity index (χ1) is 24.6. The molecule has 7 rings (SSSR count). The van der Waals surface area contributed by atoms with Crippen LogP contribution in [-0.2, 0) is 17.9 Å². The molecule has 10 nitrogen and oxygen atoms in total.